The molecule has 0 bridgehead atoms. The first-order valence-electron chi connectivity index (χ1n) is 17.8. The second kappa shape index (κ2) is 19.2. The maximum atomic E-state index is 13.2. The van der Waals surface area contributed by atoms with E-state index in [2.05, 4.69) is 51.0 Å². The van der Waals surface area contributed by atoms with Crippen molar-refractivity contribution < 1.29 is 37.9 Å². The molecule has 4 aromatic heterocycles. The highest BCUT2D eigenvalue weighted by molar-refractivity contribution is 6.61. The van der Waals surface area contributed by atoms with E-state index in [0.717, 1.165) is 22.8 Å². The first-order valence-corrected chi connectivity index (χ1v) is 18.2. The number of carboxylic acids is 2. The smallest absolute Gasteiger partial charge is 0.477 e. The van der Waals surface area contributed by atoms with Gasteiger partial charge < -0.3 is 30.2 Å². The Balaban J connectivity index is 0.000000171. The van der Waals surface area contributed by atoms with Crippen molar-refractivity contribution in [2.75, 3.05) is 23.7 Å². The van der Waals surface area contributed by atoms with Crippen LogP contribution in [0.5, 0.6) is 0 Å². The molecule has 6 N–H and O–H groups in total. The zero-order chi connectivity index (χ0) is 41.9. The van der Waals surface area contributed by atoms with Crippen molar-refractivity contribution in [2.24, 2.45) is 0 Å². The molecular formula is C38H40BClF2N10O6. The van der Waals surface area contributed by atoms with E-state index in [9.17, 15) is 23.5 Å². The molecule has 7 rings (SSSR count). The molecule has 1 saturated heterocycles. The van der Waals surface area contributed by atoms with Crippen LogP contribution >= 0.6 is 11.6 Å². The van der Waals surface area contributed by atoms with Gasteiger partial charge in [0.2, 0.25) is 5.28 Å². The van der Waals surface area contributed by atoms with Gasteiger partial charge in [-0.1, -0.05) is 24.3 Å². The Morgan fingerprint density at radius 1 is 0.759 bits per heavy atom. The monoisotopic (exact) mass is 816 g/mol. The van der Waals surface area contributed by atoms with Gasteiger partial charge in [-0.3, -0.25) is 10.2 Å². The van der Waals surface area contributed by atoms with E-state index in [0.29, 0.717) is 37.3 Å². The summed E-state index contributed by atoms with van der Waals surface area (Å²) in [5, 5.41) is 37.2. The minimum atomic E-state index is -1.14. The van der Waals surface area contributed by atoms with Gasteiger partial charge in [0.05, 0.1) is 23.0 Å². The molecule has 0 spiro atoms. The van der Waals surface area contributed by atoms with Crippen LogP contribution in [-0.2, 0) is 22.2 Å². The highest BCUT2D eigenvalue weighted by Crippen LogP contribution is 2.36. The predicted octanol–water partition coefficient (Wildman–Crippen LogP) is 5.69. The van der Waals surface area contributed by atoms with E-state index in [-0.39, 0.29) is 58.0 Å². The van der Waals surface area contributed by atoms with Gasteiger partial charge in [0, 0.05) is 49.5 Å². The first-order chi connectivity index (χ1) is 27.6. The number of aromatic amines is 2. The van der Waals surface area contributed by atoms with Crippen LogP contribution in [0.4, 0.5) is 20.4 Å². The Morgan fingerprint density at radius 2 is 1.28 bits per heavy atom. The number of hydrogen-bond donors (Lipinski definition) is 6. The lowest BCUT2D eigenvalue weighted by Crippen LogP contribution is -2.41. The molecule has 1 fully saturated rings. The number of hydrogen-bond acceptors (Lipinski definition) is 12. The molecular weight excluding hydrogens is 777 g/mol. The van der Waals surface area contributed by atoms with E-state index in [4.69, 9.17) is 26.0 Å². The predicted molar refractivity (Wildman–Crippen MR) is 212 cm³/mol. The topological polar surface area (TPSA) is 226 Å². The highest BCUT2D eigenvalue weighted by Gasteiger charge is 2.52. The molecule has 58 heavy (non-hydrogen) atoms. The Labute approximate surface area is 337 Å². The van der Waals surface area contributed by atoms with Gasteiger partial charge in [0.25, 0.3) is 0 Å². The number of benzene rings is 2. The van der Waals surface area contributed by atoms with Crippen LogP contribution in [-0.4, -0.2) is 93.9 Å². The number of anilines is 2. The summed E-state index contributed by atoms with van der Waals surface area (Å²) in [5.74, 6) is -2.15. The second-order valence-corrected chi connectivity index (χ2v) is 14.0. The van der Waals surface area contributed by atoms with Crippen LogP contribution in [0.1, 0.15) is 59.5 Å². The van der Waals surface area contributed by atoms with Crippen molar-refractivity contribution in [3.8, 4) is 11.4 Å². The van der Waals surface area contributed by atoms with Gasteiger partial charge >= 0.3 is 19.1 Å². The summed E-state index contributed by atoms with van der Waals surface area (Å²) in [5.41, 5.74) is 2.54. The average molecular weight is 817 g/mol. The summed E-state index contributed by atoms with van der Waals surface area (Å²) in [4.78, 5) is 38.0. The number of aromatic carboxylic acids is 2. The third-order valence-electron chi connectivity index (χ3n) is 9.00. The van der Waals surface area contributed by atoms with E-state index >= 15 is 0 Å². The first kappa shape index (κ1) is 42.8. The minimum absolute atomic E-state index is 0.0264. The summed E-state index contributed by atoms with van der Waals surface area (Å²) < 4.78 is 37.8. The summed E-state index contributed by atoms with van der Waals surface area (Å²) in [6.07, 6.45) is 10.1. The number of carboxylic acid groups (broad SMARTS) is 2. The standard InChI is InChI=1S/C16H14FN5O2.C13H11ClFN3O2.C9H15BN2O2/c17-12-3-1-2-10(6-12)4-5-18-15-13(16(23)24)9-19-14(22-15)11-7-20-21-8-11;14-13-17-7-10(12(19)20)11(18-13)16-5-4-8-2-1-3-9(15)6-8;1-8(2)9(3,4)14-10(13-8)7-5-11-12-6-7/h1-3,6-9H,4-5H2,(H,20,21)(H,23,24)(H,18,19,22);1-3,6-7H,4-5H2,(H,19,20)(H,16,17,18);5-6H,1-4H3,(H,11,12). The molecule has 1 aliphatic rings. The highest BCUT2D eigenvalue weighted by atomic mass is 35.5. The molecule has 0 atom stereocenters. The second-order valence-electron chi connectivity index (χ2n) is 13.7. The van der Waals surface area contributed by atoms with Crippen molar-refractivity contribution in [3.05, 3.63) is 125 Å². The van der Waals surface area contributed by atoms with Gasteiger partial charge in [-0.15, -0.1) is 0 Å². The molecule has 0 saturated carbocycles. The SMILES string of the molecule is CC1(C)OB(c2cn[nH]c2)OC1(C)C.O=C(O)c1cnc(-c2cn[nH]c2)nc1NCCc1cccc(F)c1.O=C(O)c1cnc(Cl)nc1NCCc1cccc(F)c1. The maximum absolute atomic E-state index is 13.2. The lowest BCUT2D eigenvalue weighted by atomic mass is 9.82. The molecule has 5 heterocycles. The summed E-state index contributed by atoms with van der Waals surface area (Å²) in [7, 11) is -0.307. The van der Waals surface area contributed by atoms with Crippen molar-refractivity contribution in [3.63, 3.8) is 0 Å². The van der Waals surface area contributed by atoms with Gasteiger partial charge in [-0.2, -0.15) is 15.2 Å². The van der Waals surface area contributed by atoms with Gasteiger partial charge in [0.15, 0.2) is 5.82 Å². The lowest BCUT2D eigenvalue weighted by Gasteiger charge is -2.32. The molecule has 6 aromatic rings. The van der Waals surface area contributed by atoms with Crippen LogP contribution in [0.15, 0.2) is 85.7 Å². The minimum Gasteiger partial charge on any atom is -0.477 e. The van der Waals surface area contributed by atoms with E-state index in [1.165, 1.54) is 30.5 Å². The number of aromatic nitrogens is 8. The normalized spacial score (nSPS) is 13.7. The Hall–Kier alpha value is -6.31. The number of H-pyrrole nitrogens is 2. The zero-order valence-corrected chi connectivity index (χ0v) is 32.6. The molecule has 0 amide bonds. The molecule has 16 nitrogen and oxygen atoms in total. The van der Waals surface area contributed by atoms with Crippen molar-refractivity contribution in [2.45, 2.75) is 51.7 Å². The molecule has 0 aliphatic carbocycles. The molecule has 2 aromatic carbocycles. The van der Waals surface area contributed by atoms with Crippen LogP contribution in [0.25, 0.3) is 11.4 Å². The van der Waals surface area contributed by atoms with Crippen LogP contribution in [0.2, 0.25) is 5.28 Å². The van der Waals surface area contributed by atoms with Crippen LogP contribution in [0.3, 0.4) is 0 Å². The molecule has 1 aliphatic heterocycles. The fourth-order valence-electron chi connectivity index (χ4n) is 5.24. The Morgan fingerprint density at radius 3 is 1.76 bits per heavy atom. The molecule has 20 heteroatoms. The van der Waals surface area contributed by atoms with Gasteiger partial charge in [-0.05, 0) is 87.5 Å². The maximum Gasteiger partial charge on any atom is 0.498 e. The summed E-state index contributed by atoms with van der Waals surface area (Å²) >= 11 is 5.63. The molecule has 0 radical (unpaired) electrons. The zero-order valence-electron chi connectivity index (χ0n) is 31.8. The van der Waals surface area contributed by atoms with Crippen molar-refractivity contribution in [1.82, 2.24) is 40.3 Å². The van der Waals surface area contributed by atoms with Crippen molar-refractivity contribution in [1.29, 1.82) is 0 Å². The third kappa shape index (κ3) is 11.6. The van der Waals surface area contributed by atoms with E-state index in [1.807, 2.05) is 27.7 Å². The lowest BCUT2D eigenvalue weighted by molar-refractivity contribution is 0.00578. The average Bonchev–Trinajstić information content (AvgIpc) is 3.94. The van der Waals surface area contributed by atoms with Crippen LogP contribution < -0.4 is 16.1 Å². The Kier molecular flexibility index (Phi) is 14.2. The number of nitrogens with zero attached hydrogens (tertiary/aromatic N) is 6. The summed E-state index contributed by atoms with van der Waals surface area (Å²) in [6, 6.07) is 12.5. The fourth-order valence-corrected chi connectivity index (χ4v) is 5.37. The fraction of sp³-hybridized carbons (Fsp3) is 0.263. The number of carbonyl (C=O) groups is 2. The number of nitrogens with one attached hydrogen (secondary N) is 4. The third-order valence-corrected chi connectivity index (χ3v) is 9.18. The van der Waals surface area contributed by atoms with Crippen molar-refractivity contribution >= 4 is 47.8 Å². The quantitative estimate of drug-likeness (QED) is 0.0645. The van der Waals surface area contributed by atoms with Gasteiger partial charge in [0.1, 0.15) is 34.4 Å². The van der Waals surface area contributed by atoms with E-state index < -0.39 is 11.9 Å². The molecule has 302 valence electrons. The largest absolute Gasteiger partial charge is 0.498 e. The Bertz CT molecular complexity index is 2290. The van der Waals surface area contributed by atoms with Gasteiger partial charge in [-0.25, -0.2) is 33.3 Å². The van der Waals surface area contributed by atoms with Crippen LogP contribution in [0, 0.1) is 11.6 Å². The summed E-state index contributed by atoms with van der Waals surface area (Å²) in [6.45, 7) is 8.95. The number of rotatable bonds is 12. The van der Waals surface area contributed by atoms with E-state index in [1.54, 1.807) is 49.1 Å². The molecule has 0 unspecified atom stereocenters. The number of halogens is 3.